The first-order valence-corrected chi connectivity index (χ1v) is 12.6. The maximum absolute atomic E-state index is 12.7. The third kappa shape index (κ3) is 5.35. The molecule has 162 valence electrons. The van der Waals surface area contributed by atoms with Crippen LogP contribution in [0.15, 0.2) is 53.4 Å². The third-order valence-corrected chi connectivity index (χ3v) is 8.03. The van der Waals surface area contributed by atoms with Crippen molar-refractivity contribution >= 4 is 55.6 Å². The van der Waals surface area contributed by atoms with Gasteiger partial charge in [0.2, 0.25) is 5.13 Å². The summed E-state index contributed by atoms with van der Waals surface area (Å²) in [6.07, 6.45) is 2.11. The second kappa shape index (κ2) is 9.12. The standard InChI is InChI=1S/C20H18Cl2N4O3S2/c21-15-10-14(16(22)11-23-18(27)12-4-2-1-3-5-12)8-9-17(15)31(28,29)26-20-25-24-19(30-20)13-6-7-13/h1-5,8-10,13,16H,6-7,11H2,(H,23,27)(H,25,26). The predicted octanol–water partition coefficient (Wildman–Crippen LogP) is 4.58. The second-order valence-corrected chi connectivity index (χ2v) is 10.7. The molecule has 4 rings (SSSR count). The number of anilines is 1. The maximum Gasteiger partial charge on any atom is 0.265 e. The monoisotopic (exact) mass is 496 g/mol. The smallest absolute Gasteiger partial charge is 0.265 e. The fourth-order valence-electron chi connectivity index (χ4n) is 2.86. The summed E-state index contributed by atoms with van der Waals surface area (Å²) >= 11 is 13.9. The summed E-state index contributed by atoms with van der Waals surface area (Å²) in [4.78, 5) is 12.1. The van der Waals surface area contributed by atoms with Crippen LogP contribution in [0.3, 0.4) is 0 Å². The van der Waals surface area contributed by atoms with Crippen LogP contribution in [0.25, 0.3) is 0 Å². The number of amides is 1. The van der Waals surface area contributed by atoms with E-state index >= 15 is 0 Å². The van der Waals surface area contributed by atoms with E-state index in [1.165, 1.54) is 23.5 Å². The number of carbonyl (C=O) groups excluding carboxylic acids is 1. The van der Waals surface area contributed by atoms with Crippen molar-refractivity contribution in [2.24, 2.45) is 0 Å². The van der Waals surface area contributed by atoms with Gasteiger partial charge in [-0.1, -0.05) is 47.2 Å². The molecular weight excluding hydrogens is 479 g/mol. The number of benzene rings is 2. The number of aromatic nitrogens is 2. The van der Waals surface area contributed by atoms with Crippen LogP contribution >= 0.6 is 34.5 Å². The fourth-order valence-corrected chi connectivity index (χ4v) is 5.77. The van der Waals surface area contributed by atoms with Gasteiger partial charge in [0.15, 0.2) is 0 Å². The first-order chi connectivity index (χ1) is 14.8. The highest BCUT2D eigenvalue weighted by Crippen LogP contribution is 2.42. The molecule has 1 unspecified atom stereocenters. The normalized spacial score (nSPS) is 14.8. The number of rotatable bonds is 8. The molecule has 0 spiro atoms. The molecule has 3 aromatic rings. The van der Waals surface area contributed by atoms with Crippen LogP contribution in [0.5, 0.6) is 0 Å². The van der Waals surface area contributed by atoms with Gasteiger partial charge in [0.25, 0.3) is 15.9 Å². The van der Waals surface area contributed by atoms with Crippen molar-refractivity contribution in [3.8, 4) is 0 Å². The highest BCUT2D eigenvalue weighted by Gasteiger charge is 2.29. The first kappa shape index (κ1) is 22.0. The maximum atomic E-state index is 12.7. The van der Waals surface area contributed by atoms with E-state index in [1.54, 1.807) is 30.3 Å². The molecule has 1 aromatic heterocycles. The minimum atomic E-state index is -3.93. The van der Waals surface area contributed by atoms with Gasteiger partial charge in [0.1, 0.15) is 9.90 Å². The van der Waals surface area contributed by atoms with E-state index in [0.29, 0.717) is 17.0 Å². The van der Waals surface area contributed by atoms with E-state index in [-0.39, 0.29) is 27.5 Å². The SMILES string of the molecule is O=C(NCC(Cl)c1ccc(S(=O)(=O)Nc2nnc(C3CC3)s2)c(Cl)c1)c1ccccc1. The Kier molecular flexibility index (Phi) is 6.47. The van der Waals surface area contributed by atoms with E-state index in [0.717, 1.165) is 17.8 Å². The van der Waals surface area contributed by atoms with Crippen LogP contribution in [0.2, 0.25) is 5.02 Å². The van der Waals surface area contributed by atoms with Crippen LogP contribution in [-0.4, -0.2) is 31.1 Å². The van der Waals surface area contributed by atoms with Gasteiger partial charge in [-0.25, -0.2) is 8.42 Å². The van der Waals surface area contributed by atoms with Crippen molar-refractivity contribution in [3.05, 3.63) is 69.7 Å². The van der Waals surface area contributed by atoms with Gasteiger partial charge in [0.05, 0.1) is 10.4 Å². The molecule has 1 aliphatic rings. The molecule has 0 saturated heterocycles. The Morgan fingerprint density at radius 2 is 1.90 bits per heavy atom. The van der Waals surface area contributed by atoms with Crippen molar-refractivity contribution < 1.29 is 13.2 Å². The van der Waals surface area contributed by atoms with E-state index in [1.807, 2.05) is 6.07 Å². The first-order valence-electron chi connectivity index (χ1n) is 9.46. The van der Waals surface area contributed by atoms with Gasteiger partial charge >= 0.3 is 0 Å². The number of nitrogens with zero attached hydrogens (tertiary/aromatic N) is 2. The summed E-state index contributed by atoms with van der Waals surface area (Å²) in [5.41, 5.74) is 1.12. The van der Waals surface area contributed by atoms with Crippen LogP contribution in [0, 0.1) is 0 Å². The average molecular weight is 497 g/mol. The van der Waals surface area contributed by atoms with Gasteiger partial charge < -0.3 is 5.32 Å². The van der Waals surface area contributed by atoms with Crippen molar-refractivity contribution in [1.82, 2.24) is 15.5 Å². The lowest BCUT2D eigenvalue weighted by atomic mass is 10.1. The van der Waals surface area contributed by atoms with Crippen molar-refractivity contribution in [2.75, 3.05) is 11.3 Å². The van der Waals surface area contributed by atoms with Crippen LogP contribution < -0.4 is 10.0 Å². The van der Waals surface area contributed by atoms with Gasteiger partial charge in [0, 0.05) is 18.0 Å². The molecule has 1 aliphatic carbocycles. The van der Waals surface area contributed by atoms with Crippen LogP contribution in [0.1, 0.15) is 45.1 Å². The molecule has 7 nitrogen and oxygen atoms in total. The Bertz CT molecular complexity index is 1200. The highest BCUT2D eigenvalue weighted by molar-refractivity contribution is 7.93. The lowest BCUT2D eigenvalue weighted by Gasteiger charge is -2.13. The molecule has 1 fully saturated rings. The minimum absolute atomic E-state index is 0.0250. The lowest BCUT2D eigenvalue weighted by molar-refractivity contribution is 0.0953. The molecule has 1 saturated carbocycles. The summed E-state index contributed by atoms with van der Waals surface area (Å²) in [7, 11) is -3.93. The quantitative estimate of drug-likeness (QED) is 0.444. The summed E-state index contributed by atoms with van der Waals surface area (Å²) in [6.45, 7) is 0.157. The van der Waals surface area contributed by atoms with Gasteiger partial charge in [-0.05, 0) is 42.7 Å². The van der Waals surface area contributed by atoms with E-state index in [2.05, 4.69) is 20.2 Å². The van der Waals surface area contributed by atoms with Gasteiger partial charge in [-0.3, -0.25) is 9.52 Å². The molecule has 2 aromatic carbocycles. The zero-order valence-electron chi connectivity index (χ0n) is 16.1. The van der Waals surface area contributed by atoms with Crippen molar-refractivity contribution in [2.45, 2.75) is 29.0 Å². The third-order valence-electron chi connectivity index (χ3n) is 4.67. The molecular formula is C20H18Cl2N4O3S2. The zero-order chi connectivity index (χ0) is 22.0. The van der Waals surface area contributed by atoms with Crippen LogP contribution in [-0.2, 0) is 10.0 Å². The summed E-state index contributed by atoms with van der Waals surface area (Å²) in [6, 6.07) is 13.2. The zero-order valence-corrected chi connectivity index (χ0v) is 19.2. The molecule has 1 atom stereocenters. The number of halogens is 2. The lowest BCUT2D eigenvalue weighted by Crippen LogP contribution is -2.26. The predicted molar refractivity (Wildman–Crippen MR) is 122 cm³/mol. The number of sulfonamides is 1. The largest absolute Gasteiger partial charge is 0.350 e. The molecule has 2 N–H and O–H groups in total. The number of nitrogens with one attached hydrogen (secondary N) is 2. The van der Waals surface area contributed by atoms with Crippen molar-refractivity contribution in [3.63, 3.8) is 0 Å². The van der Waals surface area contributed by atoms with E-state index in [9.17, 15) is 13.2 Å². The Hall–Kier alpha value is -2.20. The Morgan fingerprint density at radius 1 is 1.16 bits per heavy atom. The molecule has 0 aliphatic heterocycles. The van der Waals surface area contributed by atoms with Gasteiger partial charge in [-0.2, -0.15) is 0 Å². The van der Waals surface area contributed by atoms with Crippen LogP contribution in [0.4, 0.5) is 5.13 Å². The molecule has 1 amide bonds. The molecule has 31 heavy (non-hydrogen) atoms. The number of carbonyl (C=O) groups is 1. The molecule has 11 heteroatoms. The summed E-state index contributed by atoms with van der Waals surface area (Å²) < 4.78 is 27.9. The average Bonchev–Trinajstić information content (AvgIpc) is 3.51. The summed E-state index contributed by atoms with van der Waals surface area (Å²) in [5.74, 6) is 0.144. The molecule has 1 heterocycles. The summed E-state index contributed by atoms with van der Waals surface area (Å²) in [5, 5.41) is 11.2. The van der Waals surface area contributed by atoms with Gasteiger partial charge in [-0.15, -0.1) is 21.8 Å². The Balaban J connectivity index is 1.42. The topological polar surface area (TPSA) is 101 Å². The molecule has 0 bridgehead atoms. The Morgan fingerprint density at radius 3 is 2.58 bits per heavy atom. The fraction of sp³-hybridized carbons (Fsp3) is 0.250. The molecule has 0 radical (unpaired) electrons. The number of hydrogen-bond donors (Lipinski definition) is 2. The number of alkyl halides is 1. The number of hydrogen-bond acceptors (Lipinski definition) is 6. The van der Waals surface area contributed by atoms with E-state index < -0.39 is 15.4 Å². The van der Waals surface area contributed by atoms with E-state index in [4.69, 9.17) is 23.2 Å². The van der Waals surface area contributed by atoms with Crippen molar-refractivity contribution in [1.29, 1.82) is 0 Å². The second-order valence-electron chi connectivity index (χ2n) is 7.06. The minimum Gasteiger partial charge on any atom is -0.350 e. The highest BCUT2D eigenvalue weighted by atomic mass is 35.5. The Labute approximate surface area is 193 Å².